The first kappa shape index (κ1) is 19.3. The van der Waals surface area contributed by atoms with Crippen LogP contribution in [0.1, 0.15) is 6.42 Å². The zero-order valence-corrected chi connectivity index (χ0v) is 16.6. The number of nitrogens with zero attached hydrogens (tertiary/aromatic N) is 2. The van der Waals surface area contributed by atoms with Crippen molar-refractivity contribution in [2.45, 2.75) is 13.0 Å². The van der Waals surface area contributed by atoms with Crippen LogP contribution in [0.3, 0.4) is 0 Å². The third kappa shape index (κ3) is 4.06. The summed E-state index contributed by atoms with van der Waals surface area (Å²) in [6.45, 7) is 0.132. The molecule has 4 rings (SSSR count). The van der Waals surface area contributed by atoms with Gasteiger partial charge in [-0.1, -0.05) is 41.9 Å². The van der Waals surface area contributed by atoms with Crippen LogP contribution in [-0.4, -0.2) is 15.5 Å². The van der Waals surface area contributed by atoms with Gasteiger partial charge in [0.05, 0.1) is 17.4 Å². The Balaban J connectivity index is 1.55. The average Bonchev–Trinajstić information content (AvgIpc) is 3.15. The minimum atomic E-state index is -0.614. The molecular weight excluding hydrogens is 413 g/mol. The van der Waals surface area contributed by atoms with E-state index in [9.17, 15) is 14.0 Å². The molecule has 2 heterocycles. The Hall–Kier alpha value is -3.03. The number of thiophene rings is 1. The van der Waals surface area contributed by atoms with Gasteiger partial charge in [0.25, 0.3) is 5.56 Å². The molecule has 0 radical (unpaired) electrons. The number of aryl methyl sites for hydroxylation is 1. The van der Waals surface area contributed by atoms with E-state index in [0.717, 1.165) is 17.2 Å². The van der Waals surface area contributed by atoms with Crippen molar-refractivity contribution < 1.29 is 9.18 Å². The maximum absolute atomic E-state index is 13.8. The fourth-order valence-electron chi connectivity index (χ4n) is 2.98. The van der Waals surface area contributed by atoms with Gasteiger partial charge in [0.2, 0.25) is 5.91 Å². The van der Waals surface area contributed by atoms with Crippen LogP contribution < -0.4 is 10.9 Å². The summed E-state index contributed by atoms with van der Waals surface area (Å²) < 4.78 is 15.2. The quantitative estimate of drug-likeness (QED) is 0.490. The number of benzene rings is 2. The van der Waals surface area contributed by atoms with E-state index in [1.165, 1.54) is 34.4 Å². The Labute approximate surface area is 174 Å². The Morgan fingerprint density at radius 1 is 1.21 bits per heavy atom. The zero-order valence-electron chi connectivity index (χ0n) is 15.1. The van der Waals surface area contributed by atoms with Gasteiger partial charge in [-0.2, -0.15) is 0 Å². The van der Waals surface area contributed by atoms with Gasteiger partial charge >= 0.3 is 0 Å². The van der Waals surface area contributed by atoms with E-state index in [-0.39, 0.29) is 29.2 Å². The molecule has 0 aliphatic heterocycles. The number of hydrogen-bond acceptors (Lipinski definition) is 4. The highest BCUT2D eigenvalue weighted by Gasteiger charge is 2.14. The second-order valence-electron chi connectivity index (χ2n) is 6.36. The molecule has 0 aliphatic rings. The standard InChI is InChI=1S/C21H15ClFN3O2S/c22-14-6-7-17(16(23)10-14)25-18(27)8-9-26-12-24-20-19(21(26)28)15(11-29-20)13-4-2-1-3-5-13/h1-7,10-12H,8-9H2,(H,25,27). The number of halogens is 2. The van der Waals surface area contributed by atoms with Crippen LogP contribution in [0.15, 0.2) is 65.0 Å². The fourth-order valence-corrected chi connectivity index (χ4v) is 4.05. The highest BCUT2D eigenvalue weighted by Crippen LogP contribution is 2.30. The van der Waals surface area contributed by atoms with E-state index in [0.29, 0.717) is 10.2 Å². The third-order valence-electron chi connectivity index (χ3n) is 4.43. The fraction of sp³-hybridized carbons (Fsp3) is 0.0952. The molecule has 0 saturated carbocycles. The molecule has 146 valence electrons. The molecule has 2 aromatic heterocycles. The molecule has 4 aromatic rings. The van der Waals surface area contributed by atoms with Crippen molar-refractivity contribution in [3.63, 3.8) is 0 Å². The predicted molar refractivity (Wildman–Crippen MR) is 114 cm³/mol. The molecule has 0 spiro atoms. The number of anilines is 1. The molecular formula is C21H15ClFN3O2S. The summed E-state index contributed by atoms with van der Waals surface area (Å²) in [5.74, 6) is -1.02. The molecule has 2 aromatic carbocycles. The molecule has 0 fully saturated rings. The molecule has 5 nitrogen and oxygen atoms in total. The summed E-state index contributed by atoms with van der Waals surface area (Å²) in [5, 5.41) is 5.18. The monoisotopic (exact) mass is 427 g/mol. The van der Waals surface area contributed by atoms with Crippen molar-refractivity contribution >= 4 is 44.7 Å². The minimum absolute atomic E-state index is 0.0000325. The maximum atomic E-state index is 13.8. The van der Waals surface area contributed by atoms with Crippen LogP contribution in [0.5, 0.6) is 0 Å². The maximum Gasteiger partial charge on any atom is 0.262 e. The largest absolute Gasteiger partial charge is 0.324 e. The SMILES string of the molecule is O=C(CCn1cnc2scc(-c3ccccc3)c2c1=O)Nc1ccc(Cl)cc1F. The van der Waals surface area contributed by atoms with Gasteiger partial charge in [-0.05, 0) is 23.8 Å². The highest BCUT2D eigenvalue weighted by molar-refractivity contribution is 7.17. The normalized spacial score (nSPS) is 11.0. The molecule has 1 amide bonds. The Bertz CT molecular complexity index is 1250. The van der Waals surface area contributed by atoms with Gasteiger partial charge in [-0.25, -0.2) is 9.37 Å². The zero-order chi connectivity index (χ0) is 20.4. The van der Waals surface area contributed by atoms with Gasteiger partial charge in [0.1, 0.15) is 10.6 Å². The van der Waals surface area contributed by atoms with E-state index in [1.807, 2.05) is 35.7 Å². The van der Waals surface area contributed by atoms with Gasteiger partial charge in [0, 0.05) is 28.9 Å². The number of carbonyl (C=O) groups excluding carboxylic acids is 1. The van der Waals surface area contributed by atoms with Crippen LogP contribution in [0.25, 0.3) is 21.3 Å². The van der Waals surface area contributed by atoms with Gasteiger partial charge in [0.15, 0.2) is 0 Å². The van der Waals surface area contributed by atoms with Crippen LogP contribution in [0, 0.1) is 5.82 Å². The summed E-state index contributed by atoms with van der Waals surface area (Å²) in [7, 11) is 0. The number of hydrogen-bond donors (Lipinski definition) is 1. The lowest BCUT2D eigenvalue weighted by Crippen LogP contribution is -2.23. The Kier molecular flexibility index (Phi) is 5.42. The van der Waals surface area contributed by atoms with Crippen molar-refractivity contribution in [2.75, 3.05) is 5.32 Å². The van der Waals surface area contributed by atoms with Crippen LogP contribution in [0.2, 0.25) is 5.02 Å². The third-order valence-corrected chi connectivity index (χ3v) is 5.55. The summed E-state index contributed by atoms with van der Waals surface area (Å²) >= 11 is 7.11. The van der Waals surface area contributed by atoms with E-state index >= 15 is 0 Å². The highest BCUT2D eigenvalue weighted by atomic mass is 35.5. The van der Waals surface area contributed by atoms with Crippen molar-refractivity contribution in [1.29, 1.82) is 0 Å². The van der Waals surface area contributed by atoms with Crippen LogP contribution >= 0.6 is 22.9 Å². The molecule has 0 atom stereocenters. The molecule has 0 unspecified atom stereocenters. The predicted octanol–water partition coefficient (Wildman–Crippen LogP) is 4.95. The van der Waals surface area contributed by atoms with Gasteiger partial charge in [-0.3, -0.25) is 14.2 Å². The lowest BCUT2D eigenvalue weighted by Gasteiger charge is -2.08. The van der Waals surface area contributed by atoms with Crippen LogP contribution in [-0.2, 0) is 11.3 Å². The molecule has 0 aliphatic carbocycles. The van der Waals surface area contributed by atoms with Crippen LogP contribution in [0.4, 0.5) is 10.1 Å². The number of nitrogens with one attached hydrogen (secondary N) is 1. The molecule has 29 heavy (non-hydrogen) atoms. The number of amides is 1. The average molecular weight is 428 g/mol. The van der Waals surface area contributed by atoms with E-state index < -0.39 is 11.7 Å². The number of aromatic nitrogens is 2. The first-order chi connectivity index (χ1) is 14.0. The first-order valence-corrected chi connectivity index (χ1v) is 10.1. The Morgan fingerprint density at radius 3 is 2.76 bits per heavy atom. The topological polar surface area (TPSA) is 64.0 Å². The molecule has 8 heteroatoms. The summed E-state index contributed by atoms with van der Waals surface area (Å²) in [5.41, 5.74) is 1.60. The number of rotatable bonds is 5. The van der Waals surface area contributed by atoms with Crippen molar-refractivity contribution in [2.24, 2.45) is 0 Å². The molecule has 0 bridgehead atoms. The smallest absolute Gasteiger partial charge is 0.262 e. The van der Waals surface area contributed by atoms with Gasteiger partial charge in [-0.15, -0.1) is 11.3 Å². The summed E-state index contributed by atoms with van der Waals surface area (Å²) in [6.07, 6.45) is 1.44. The number of carbonyl (C=O) groups is 1. The lowest BCUT2D eigenvalue weighted by atomic mass is 10.1. The minimum Gasteiger partial charge on any atom is -0.324 e. The Morgan fingerprint density at radius 2 is 2.00 bits per heavy atom. The summed E-state index contributed by atoms with van der Waals surface area (Å²) in [6, 6.07) is 13.6. The van der Waals surface area contributed by atoms with E-state index in [2.05, 4.69) is 10.3 Å². The van der Waals surface area contributed by atoms with E-state index in [4.69, 9.17) is 11.6 Å². The molecule has 1 N–H and O–H groups in total. The van der Waals surface area contributed by atoms with Gasteiger partial charge < -0.3 is 5.32 Å². The number of fused-ring (bicyclic) bond motifs is 1. The van der Waals surface area contributed by atoms with E-state index in [1.54, 1.807) is 0 Å². The first-order valence-electron chi connectivity index (χ1n) is 8.80. The lowest BCUT2D eigenvalue weighted by molar-refractivity contribution is -0.116. The second-order valence-corrected chi connectivity index (χ2v) is 7.66. The second kappa shape index (κ2) is 8.14. The van der Waals surface area contributed by atoms with Crippen molar-refractivity contribution in [1.82, 2.24) is 9.55 Å². The summed E-state index contributed by atoms with van der Waals surface area (Å²) in [4.78, 5) is 30.2. The molecule has 0 saturated heterocycles. The van der Waals surface area contributed by atoms with Crippen molar-refractivity contribution in [3.8, 4) is 11.1 Å². The van der Waals surface area contributed by atoms with Crippen molar-refractivity contribution in [3.05, 3.63) is 81.4 Å².